The normalized spacial score (nSPS) is 26.4. The first-order chi connectivity index (χ1) is 5.66. The molecule has 0 saturated carbocycles. The van der Waals surface area contributed by atoms with E-state index < -0.39 is 0 Å². The van der Waals surface area contributed by atoms with E-state index in [4.69, 9.17) is 0 Å². The summed E-state index contributed by atoms with van der Waals surface area (Å²) in [5.74, 6) is 0.246. The minimum Gasteiger partial charge on any atom is -0.326 e. The quantitative estimate of drug-likeness (QED) is 0.684. The molecule has 2 unspecified atom stereocenters. The van der Waals surface area contributed by atoms with Gasteiger partial charge in [-0.25, -0.2) is 0 Å². The molecule has 1 N–H and O–H groups in total. The molecule has 0 spiro atoms. The lowest BCUT2D eigenvalue weighted by Gasteiger charge is -2.22. The van der Waals surface area contributed by atoms with Crippen LogP contribution in [0.5, 0.6) is 0 Å². The standard InChI is InChI=1S/C9H18N2O/c1-4-5-7(2)11-6-10-8(3)9(11)12/h7-8,10H,4-6H2,1-3H3. The van der Waals surface area contributed by atoms with Crippen molar-refractivity contribution in [1.29, 1.82) is 0 Å². The van der Waals surface area contributed by atoms with E-state index in [1.807, 2.05) is 11.8 Å². The molecule has 2 atom stereocenters. The summed E-state index contributed by atoms with van der Waals surface area (Å²) in [4.78, 5) is 13.4. The van der Waals surface area contributed by atoms with Gasteiger partial charge in [0, 0.05) is 6.04 Å². The lowest BCUT2D eigenvalue weighted by atomic mass is 10.1. The number of hydrogen-bond donors (Lipinski definition) is 1. The van der Waals surface area contributed by atoms with Crippen molar-refractivity contribution >= 4 is 5.91 Å². The van der Waals surface area contributed by atoms with Gasteiger partial charge in [0.1, 0.15) is 0 Å². The molecule has 1 aliphatic heterocycles. The van der Waals surface area contributed by atoms with Crippen molar-refractivity contribution in [1.82, 2.24) is 10.2 Å². The maximum atomic E-state index is 11.5. The van der Waals surface area contributed by atoms with Crippen LogP contribution in [0.3, 0.4) is 0 Å². The lowest BCUT2D eigenvalue weighted by Crippen LogP contribution is -2.36. The molecule has 12 heavy (non-hydrogen) atoms. The van der Waals surface area contributed by atoms with Gasteiger partial charge in [-0.2, -0.15) is 0 Å². The van der Waals surface area contributed by atoms with E-state index in [2.05, 4.69) is 19.2 Å². The Bertz CT molecular complexity index is 170. The van der Waals surface area contributed by atoms with Gasteiger partial charge in [-0.15, -0.1) is 0 Å². The molecule has 3 heteroatoms. The molecule has 1 saturated heterocycles. The van der Waals surface area contributed by atoms with Gasteiger partial charge in [0.05, 0.1) is 12.7 Å². The molecule has 0 aromatic carbocycles. The van der Waals surface area contributed by atoms with Gasteiger partial charge in [-0.05, 0) is 20.3 Å². The second-order valence-corrected chi connectivity index (χ2v) is 3.53. The second kappa shape index (κ2) is 3.90. The summed E-state index contributed by atoms with van der Waals surface area (Å²) in [7, 11) is 0. The fourth-order valence-electron chi connectivity index (χ4n) is 1.60. The molecule has 70 valence electrons. The Morgan fingerprint density at radius 2 is 2.42 bits per heavy atom. The van der Waals surface area contributed by atoms with Crippen LogP contribution in [0.1, 0.15) is 33.6 Å². The van der Waals surface area contributed by atoms with E-state index in [0.29, 0.717) is 6.04 Å². The molecule has 1 fully saturated rings. The predicted octanol–water partition coefficient (Wildman–Crippen LogP) is 0.953. The van der Waals surface area contributed by atoms with E-state index >= 15 is 0 Å². The van der Waals surface area contributed by atoms with E-state index in [9.17, 15) is 4.79 Å². The summed E-state index contributed by atoms with van der Waals surface area (Å²) in [5.41, 5.74) is 0. The molecule has 0 aromatic rings. The van der Waals surface area contributed by atoms with Gasteiger partial charge in [0.15, 0.2) is 0 Å². The van der Waals surface area contributed by atoms with Crippen LogP contribution in [0.25, 0.3) is 0 Å². The molecule has 1 rings (SSSR count). The molecule has 0 radical (unpaired) electrons. The van der Waals surface area contributed by atoms with E-state index in [1.54, 1.807) is 0 Å². The van der Waals surface area contributed by atoms with Crippen molar-refractivity contribution in [3.05, 3.63) is 0 Å². The molecule has 0 aliphatic carbocycles. The Morgan fingerprint density at radius 3 is 2.83 bits per heavy atom. The Balaban J connectivity index is 2.47. The highest BCUT2D eigenvalue weighted by atomic mass is 16.2. The van der Waals surface area contributed by atoms with Gasteiger partial charge < -0.3 is 4.90 Å². The second-order valence-electron chi connectivity index (χ2n) is 3.53. The topological polar surface area (TPSA) is 32.3 Å². The number of nitrogens with zero attached hydrogens (tertiary/aromatic N) is 1. The Kier molecular flexibility index (Phi) is 3.09. The van der Waals surface area contributed by atoms with Crippen LogP contribution in [0, 0.1) is 0 Å². The maximum absolute atomic E-state index is 11.5. The molecule has 1 aliphatic rings. The van der Waals surface area contributed by atoms with E-state index in [-0.39, 0.29) is 11.9 Å². The third-order valence-corrected chi connectivity index (χ3v) is 2.46. The first-order valence-electron chi connectivity index (χ1n) is 4.70. The summed E-state index contributed by atoms with van der Waals surface area (Å²) < 4.78 is 0. The summed E-state index contributed by atoms with van der Waals surface area (Å²) in [6.07, 6.45) is 2.24. The zero-order valence-electron chi connectivity index (χ0n) is 8.13. The minimum atomic E-state index is 0.0179. The van der Waals surface area contributed by atoms with Crippen LogP contribution in [-0.2, 0) is 4.79 Å². The maximum Gasteiger partial charge on any atom is 0.240 e. The molecule has 0 bridgehead atoms. The van der Waals surface area contributed by atoms with Gasteiger partial charge >= 0.3 is 0 Å². The number of amides is 1. The van der Waals surface area contributed by atoms with Gasteiger partial charge in [-0.3, -0.25) is 10.1 Å². The highest BCUT2D eigenvalue weighted by molar-refractivity contribution is 5.83. The third-order valence-electron chi connectivity index (χ3n) is 2.46. The van der Waals surface area contributed by atoms with Crippen molar-refractivity contribution in [2.24, 2.45) is 0 Å². The zero-order valence-corrected chi connectivity index (χ0v) is 8.13. The van der Waals surface area contributed by atoms with Crippen LogP contribution >= 0.6 is 0 Å². The SMILES string of the molecule is CCCC(C)N1CNC(C)C1=O. The summed E-state index contributed by atoms with van der Waals surface area (Å²) in [5, 5.41) is 3.14. The highest BCUT2D eigenvalue weighted by Crippen LogP contribution is 2.11. The van der Waals surface area contributed by atoms with Gasteiger partial charge in [0.2, 0.25) is 5.91 Å². The zero-order chi connectivity index (χ0) is 9.14. The predicted molar refractivity (Wildman–Crippen MR) is 48.7 cm³/mol. The van der Waals surface area contributed by atoms with Crippen molar-refractivity contribution < 1.29 is 4.79 Å². The smallest absolute Gasteiger partial charge is 0.240 e. The Morgan fingerprint density at radius 1 is 1.75 bits per heavy atom. The fourth-order valence-corrected chi connectivity index (χ4v) is 1.60. The monoisotopic (exact) mass is 170 g/mol. The lowest BCUT2D eigenvalue weighted by molar-refractivity contribution is -0.130. The van der Waals surface area contributed by atoms with Crippen LogP contribution < -0.4 is 5.32 Å². The molecule has 1 heterocycles. The number of rotatable bonds is 3. The summed E-state index contributed by atoms with van der Waals surface area (Å²) >= 11 is 0. The fraction of sp³-hybridized carbons (Fsp3) is 0.889. The summed E-state index contributed by atoms with van der Waals surface area (Å²) in [6, 6.07) is 0.407. The number of carbonyl (C=O) groups excluding carboxylic acids is 1. The molecule has 0 aromatic heterocycles. The van der Waals surface area contributed by atoms with Crippen LogP contribution in [0.2, 0.25) is 0 Å². The number of carbonyl (C=O) groups is 1. The first kappa shape index (κ1) is 9.52. The van der Waals surface area contributed by atoms with E-state index in [0.717, 1.165) is 19.5 Å². The average Bonchev–Trinajstić information content (AvgIpc) is 2.34. The van der Waals surface area contributed by atoms with Crippen molar-refractivity contribution in [3.8, 4) is 0 Å². The number of nitrogens with one attached hydrogen (secondary N) is 1. The van der Waals surface area contributed by atoms with Gasteiger partial charge in [0.25, 0.3) is 0 Å². The minimum absolute atomic E-state index is 0.0179. The molecule has 3 nitrogen and oxygen atoms in total. The Labute approximate surface area is 74.1 Å². The van der Waals surface area contributed by atoms with Crippen molar-refractivity contribution in [2.75, 3.05) is 6.67 Å². The summed E-state index contributed by atoms with van der Waals surface area (Å²) in [6.45, 7) is 6.90. The first-order valence-corrected chi connectivity index (χ1v) is 4.70. The van der Waals surface area contributed by atoms with Crippen LogP contribution in [0.15, 0.2) is 0 Å². The largest absolute Gasteiger partial charge is 0.326 e. The van der Waals surface area contributed by atoms with E-state index in [1.165, 1.54) is 0 Å². The van der Waals surface area contributed by atoms with Gasteiger partial charge in [-0.1, -0.05) is 13.3 Å². The molecular formula is C9H18N2O. The van der Waals surface area contributed by atoms with Crippen molar-refractivity contribution in [3.63, 3.8) is 0 Å². The average molecular weight is 170 g/mol. The Hall–Kier alpha value is -0.570. The van der Waals surface area contributed by atoms with Crippen molar-refractivity contribution in [2.45, 2.75) is 45.7 Å². The van der Waals surface area contributed by atoms with Crippen LogP contribution in [-0.4, -0.2) is 29.6 Å². The highest BCUT2D eigenvalue weighted by Gasteiger charge is 2.29. The number of hydrogen-bond acceptors (Lipinski definition) is 2. The molecular weight excluding hydrogens is 152 g/mol. The third kappa shape index (κ3) is 1.78. The molecule has 1 amide bonds. The van der Waals surface area contributed by atoms with Crippen LogP contribution in [0.4, 0.5) is 0 Å².